The molecule has 1 aromatic carbocycles. The Labute approximate surface area is 83.3 Å². The summed E-state index contributed by atoms with van der Waals surface area (Å²) in [6, 6.07) is 8.45. The summed E-state index contributed by atoms with van der Waals surface area (Å²) in [5, 5.41) is 3.33. The molecule has 1 aromatic rings. The maximum Gasteiger partial charge on any atom is 0.155 e. The first kappa shape index (κ1) is 8.04. The highest BCUT2D eigenvalue weighted by atomic mass is 16.1. The van der Waals surface area contributed by atoms with Crippen molar-refractivity contribution in [1.29, 1.82) is 0 Å². The van der Waals surface area contributed by atoms with Gasteiger partial charge in [0.15, 0.2) is 5.78 Å². The minimum atomic E-state index is 0.0867. The molecule has 0 amide bonds. The van der Waals surface area contributed by atoms with Gasteiger partial charge in [-0.1, -0.05) is 18.2 Å². The third-order valence-corrected chi connectivity index (χ3v) is 3.38. The highest BCUT2D eigenvalue weighted by molar-refractivity contribution is 5.89. The van der Waals surface area contributed by atoms with Crippen LogP contribution in [0, 0.1) is 0 Å². The summed E-state index contributed by atoms with van der Waals surface area (Å²) in [6.45, 7) is 0. The molecule has 0 spiro atoms. The van der Waals surface area contributed by atoms with Gasteiger partial charge in [0.1, 0.15) is 0 Å². The molecule has 14 heavy (non-hydrogen) atoms. The van der Waals surface area contributed by atoms with Gasteiger partial charge >= 0.3 is 0 Å². The lowest BCUT2D eigenvalue weighted by Crippen LogP contribution is -2.39. The molecule has 2 unspecified atom stereocenters. The topological polar surface area (TPSA) is 29.1 Å². The molecule has 2 heteroatoms. The van der Waals surface area contributed by atoms with Crippen molar-refractivity contribution in [2.75, 3.05) is 5.32 Å². The fourth-order valence-electron chi connectivity index (χ4n) is 2.62. The number of anilines is 1. The van der Waals surface area contributed by atoms with Crippen molar-refractivity contribution in [2.45, 2.75) is 31.2 Å². The SMILES string of the molecule is O=C1CCC2CC1Nc1ccccc12. The second kappa shape index (κ2) is 2.84. The monoisotopic (exact) mass is 187 g/mol. The van der Waals surface area contributed by atoms with E-state index in [1.165, 1.54) is 11.3 Å². The fraction of sp³-hybridized carbons (Fsp3) is 0.417. The predicted molar refractivity (Wildman–Crippen MR) is 55.5 cm³/mol. The Morgan fingerprint density at radius 2 is 2.14 bits per heavy atom. The van der Waals surface area contributed by atoms with E-state index in [1.54, 1.807) is 0 Å². The lowest BCUT2D eigenvalue weighted by Gasteiger charge is -2.36. The summed E-state index contributed by atoms with van der Waals surface area (Å²) >= 11 is 0. The summed E-state index contributed by atoms with van der Waals surface area (Å²) in [7, 11) is 0. The van der Waals surface area contributed by atoms with Crippen LogP contribution in [-0.4, -0.2) is 11.8 Å². The first-order chi connectivity index (χ1) is 6.84. The molecule has 0 saturated heterocycles. The minimum Gasteiger partial charge on any atom is -0.375 e. The van der Waals surface area contributed by atoms with Crippen LogP contribution in [0.4, 0.5) is 5.69 Å². The van der Waals surface area contributed by atoms with Gasteiger partial charge in [-0.05, 0) is 30.4 Å². The van der Waals surface area contributed by atoms with Crippen LogP contribution in [0.3, 0.4) is 0 Å². The van der Waals surface area contributed by atoms with Gasteiger partial charge in [0.2, 0.25) is 0 Å². The molecule has 1 saturated carbocycles. The average Bonchev–Trinajstić information content (AvgIpc) is 2.24. The molecule has 1 aliphatic heterocycles. The zero-order valence-corrected chi connectivity index (χ0v) is 7.99. The molecule has 2 atom stereocenters. The zero-order valence-electron chi connectivity index (χ0n) is 7.99. The van der Waals surface area contributed by atoms with Crippen molar-refractivity contribution >= 4 is 11.5 Å². The molecule has 1 N–H and O–H groups in total. The van der Waals surface area contributed by atoms with Crippen LogP contribution in [0.2, 0.25) is 0 Å². The largest absolute Gasteiger partial charge is 0.375 e. The van der Waals surface area contributed by atoms with Gasteiger partial charge in [0.25, 0.3) is 0 Å². The third-order valence-electron chi connectivity index (χ3n) is 3.38. The Morgan fingerprint density at radius 1 is 1.29 bits per heavy atom. The minimum absolute atomic E-state index is 0.0867. The van der Waals surface area contributed by atoms with Gasteiger partial charge in [-0.15, -0.1) is 0 Å². The van der Waals surface area contributed by atoms with Gasteiger partial charge in [-0.2, -0.15) is 0 Å². The Kier molecular flexibility index (Phi) is 1.63. The molecule has 1 heterocycles. The number of carbonyl (C=O) groups excluding carboxylic acids is 1. The number of hydrogen-bond donors (Lipinski definition) is 1. The normalized spacial score (nSPS) is 29.3. The molecule has 2 aliphatic rings. The molecule has 0 radical (unpaired) electrons. The van der Waals surface area contributed by atoms with Gasteiger partial charge < -0.3 is 5.32 Å². The van der Waals surface area contributed by atoms with E-state index in [9.17, 15) is 4.79 Å². The molecular weight excluding hydrogens is 174 g/mol. The van der Waals surface area contributed by atoms with E-state index in [0.29, 0.717) is 11.7 Å². The summed E-state index contributed by atoms with van der Waals surface area (Å²) in [5.41, 5.74) is 2.57. The predicted octanol–water partition coefficient (Wildman–Crippen LogP) is 2.32. The molecule has 72 valence electrons. The quantitative estimate of drug-likeness (QED) is 0.675. The smallest absolute Gasteiger partial charge is 0.155 e. The van der Waals surface area contributed by atoms with E-state index < -0.39 is 0 Å². The number of nitrogens with one attached hydrogen (secondary N) is 1. The summed E-state index contributed by atoms with van der Waals surface area (Å²) in [5.74, 6) is 0.992. The van der Waals surface area contributed by atoms with E-state index in [1.807, 2.05) is 6.07 Å². The molecule has 2 bridgehead atoms. The number of carbonyl (C=O) groups is 1. The number of benzene rings is 1. The number of Topliss-reactive ketones (excluding diaryl/α,β-unsaturated/α-hetero) is 1. The van der Waals surface area contributed by atoms with E-state index in [-0.39, 0.29) is 6.04 Å². The number of para-hydroxylation sites is 1. The number of rotatable bonds is 0. The molecule has 0 aromatic heterocycles. The van der Waals surface area contributed by atoms with Crippen LogP contribution in [0.15, 0.2) is 24.3 Å². The summed E-state index contributed by atoms with van der Waals surface area (Å²) in [6.07, 6.45) is 2.78. The van der Waals surface area contributed by atoms with Crippen LogP contribution < -0.4 is 5.32 Å². The first-order valence-corrected chi connectivity index (χ1v) is 5.23. The Hall–Kier alpha value is -1.31. The van der Waals surface area contributed by atoms with Gasteiger partial charge in [0, 0.05) is 12.1 Å². The Morgan fingerprint density at radius 3 is 3.07 bits per heavy atom. The third kappa shape index (κ3) is 1.07. The molecular formula is C12H13NO. The average molecular weight is 187 g/mol. The van der Waals surface area contributed by atoms with Crippen molar-refractivity contribution in [3.8, 4) is 0 Å². The lowest BCUT2D eigenvalue weighted by atomic mass is 9.77. The number of hydrogen-bond acceptors (Lipinski definition) is 2. The van der Waals surface area contributed by atoms with Gasteiger partial charge in [-0.3, -0.25) is 4.79 Å². The zero-order chi connectivity index (χ0) is 9.54. The van der Waals surface area contributed by atoms with Crippen LogP contribution in [0.5, 0.6) is 0 Å². The highest BCUT2D eigenvalue weighted by Gasteiger charge is 2.34. The van der Waals surface area contributed by atoms with E-state index in [2.05, 4.69) is 23.5 Å². The maximum atomic E-state index is 11.6. The molecule has 3 rings (SSSR count). The van der Waals surface area contributed by atoms with E-state index in [0.717, 1.165) is 19.3 Å². The maximum absolute atomic E-state index is 11.6. The first-order valence-electron chi connectivity index (χ1n) is 5.23. The standard InChI is InChI=1S/C12H13NO/c14-12-6-5-8-7-11(12)13-10-4-2-1-3-9(8)10/h1-4,8,11,13H,5-7H2. The van der Waals surface area contributed by atoms with Crippen molar-refractivity contribution < 1.29 is 4.79 Å². The van der Waals surface area contributed by atoms with Crippen molar-refractivity contribution in [3.63, 3.8) is 0 Å². The van der Waals surface area contributed by atoms with Gasteiger partial charge in [-0.25, -0.2) is 0 Å². The Bertz CT molecular complexity index is 386. The number of fused-ring (bicyclic) bond motifs is 4. The van der Waals surface area contributed by atoms with Crippen LogP contribution >= 0.6 is 0 Å². The lowest BCUT2D eigenvalue weighted by molar-refractivity contribution is -0.121. The van der Waals surface area contributed by atoms with Crippen LogP contribution in [-0.2, 0) is 4.79 Å². The van der Waals surface area contributed by atoms with Crippen LogP contribution in [0.25, 0.3) is 0 Å². The fourth-order valence-corrected chi connectivity index (χ4v) is 2.62. The molecule has 1 fully saturated rings. The van der Waals surface area contributed by atoms with E-state index in [4.69, 9.17) is 0 Å². The second-order valence-electron chi connectivity index (χ2n) is 4.22. The second-order valence-corrected chi connectivity index (χ2v) is 4.22. The van der Waals surface area contributed by atoms with Crippen molar-refractivity contribution in [2.24, 2.45) is 0 Å². The van der Waals surface area contributed by atoms with Crippen LogP contribution in [0.1, 0.15) is 30.7 Å². The number of ketones is 1. The van der Waals surface area contributed by atoms with E-state index >= 15 is 0 Å². The Balaban J connectivity index is 2.06. The van der Waals surface area contributed by atoms with Crippen molar-refractivity contribution in [3.05, 3.63) is 29.8 Å². The molecule has 2 nitrogen and oxygen atoms in total. The highest BCUT2D eigenvalue weighted by Crippen LogP contribution is 2.40. The van der Waals surface area contributed by atoms with Crippen molar-refractivity contribution in [1.82, 2.24) is 0 Å². The summed E-state index contributed by atoms with van der Waals surface area (Å²) < 4.78 is 0. The molecule has 1 aliphatic carbocycles. The van der Waals surface area contributed by atoms with Gasteiger partial charge in [0.05, 0.1) is 6.04 Å². The summed E-state index contributed by atoms with van der Waals surface area (Å²) in [4.78, 5) is 11.6.